The molecule has 1 unspecified atom stereocenters. The fourth-order valence-corrected chi connectivity index (χ4v) is 2.98. The van der Waals surface area contributed by atoms with Crippen LogP contribution in [0.2, 0.25) is 5.02 Å². The number of nitrogens with zero attached hydrogens (tertiary/aromatic N) is 1. The summed E-state index contributed by atoms with van der Waals surface area (Å²) in [6, 6.07) is 16.7. The van der Waals surface area contributed by atoms with Crippen molar-refractivity contribution in [3.8, 4) is 0 Å². The number of anilines is 1. The highest BCUT2D eigenvalue weighted by Crippen LogP contribution is 2.19. The van der Waals surface area contributed by atoms with Crippen molar-refractivity contribution in [3.05, 3.63) is 65.2 Å². The Labute approximate surface area is 165 Å². The number of halogens is 1. The van der Waals surface area contributed by atoms with Crippen molar-refractivity contribution in [2.24, 2.45) is 0 Å². The Morgan fingerprint density at radius 2 is 1.74 bits per heavy atom. The first-order chi connectivity index (χ1) is 12.9. The van der Waals surface area contributed by atoms with Gasteiger partial charge in [0.1, 0.15) is 0 Å². The zero-order chi connectivity index (χ0) is 19.8. The van der Waals surface area contributed by atoms with Crippen molar-refractivity contribution in [2.75, 3.05) is 25.5 Å². The third kappa shape index (κ3) is 6.08. The van der Waals surface area contributed by atoms with Crippen molar-refractivity contribution in [1.82, 2.24) is 4.90 Å². The summed E-state index contributed by atoms with van der Waals surface area (Å²) in [6.07, 6.45) is 0. The van der Waals surface area contributed by atoms with E-state index in [4.69, 9.17) is 11.6 Å². The van der Waals surface area contributed by atoms with E-state index < -0.39 is 0 Å². The van der Waals surface area contributed by atoms with Gasteiger partial charge in [0, 0.05) is 13.1 Å². The minimum absolute atomic E-state index is 0.0318. The van der Waals surface area contributed by atoms with Crippen LogP contribution in [0.3, 0.4) is 0 Å². The van der Waals surface area contributed by atoms with Crippen molar-refractivity contribution in [1.29, 1.82) is 0 Å². The molecule has 0 saturated heterocycles. The molecule has 2 atom stereocenters. The van der Waals surface area contributed by atoms with Crippen LogP contribution >= 0.6 is 11.6 Å². The number of rotatable bonds is 8. The number of hydrogen-bond acceptors (Lipinski definition) is 2. The molecule has 0 aliphatic carbocycles. The normalized spacial score (nSPS) is 12.9. The highest BCUT2D eigenvalue weighted by atomic mass is 35.5. The van der Waals surface area contributed by atoms with Gasteiger partial charge in [-0.25, -0.2) is 0 Å². The van der Waals surface area contributed by atoms with Crippen molar-refractivity contribution >= 4 is 29.1 Å². The van der Waals surface area contributed by atoms with Crippen molar-refractivity contribution < 1.29 is 14.5 Å². The van der Waals surface area contributed by atoms with E-state index in [9.17, 15) is 9.59 Å². The molecule has 0 aliphatic heterocycles. The smallest absolute Gasteiger partial charge is 0.280 e. The molecule has 2 rings (SSSR count). The molecule has 0 saturated carbocycles. The Balaban J connectivity index is 1.94. The van der Waals surface area contributed by atoms with Crippen LogP contribution in [0.25, 0.3) is 0 Å². The lowest BCUT2D eigenvalue weighted by molar-refractivity contribution is -0.886. The second kappa shape index (κ2) is 10.1. The topological polar surface area (TPSA) is 53.9 Å². The molecular formula is C21H27ClN3O2+. The van der Waals surface area contributed by atoms with Gasteiger partial charge in [-0.2, -0.15) is 0 Å². The monoisotopic (exact) mass is 388 g/mol. The lowest BCUT2D eigenvalue weighted by Crippen LogP contribution is -3.15. The van der Waals surface area contributed by atoms with Gasteiger partial charge in [-0.3, -0.25) is 9.59 Å². The number of hydrogen-bond donors (Lipinski definition) is 2. The third-order valence-electron chi connectivity index (χ3n) is 4.61. The molecule has 0 radical (unpaired) electrons. The number of quaternary nitrogens is 1. The van der Waals surface area contributed by atoms with Crippen LogP contribution in [0.15, 0.2) is 54.6 Å². The summed E-state index contributed by atoms with van der Waals surface area (Å²) in [5.41, 5.74) is 1.67. The zero-order valence-corrected chi connectivity index (χ0v) is 16.8. The van der Waals surface area contributed by atoms with E-state index in [0.29, 0.717) is 23.8 Å². The molecule has 2 aromatic carbocycles. The van der Waals surface area contributed by atoms with E-state index in [1.807, 2.05) is 68.3 Å². The summed E-state index contributed by atoms with van der Waals surface area (Å²) in [4.78, 5) is 27.8. The lowest BCUT2D eigenvalue weighted by atomic mass is 10.2. The Hall–Kier alpha value is -2.37. The molecule has 0 aliphatic rings. The van der Waals surface area contributed by atoms with Gasteiger partial charge in [0.05, 0.1) is 17.8 Å². The van der Waals surface area contributed by atoms with Crippen LogP contribution in [0.4, 0.5) is 5.69 Å². The average molecular weight is 389 g/mol. The van der Waals surface area contributed by atoms with Crippen LogP contribution in [-0.4, -0.2) is 42.9 Å². The molecule has 0 fully saturated rings. The van der Waals surface area contributed by atoms with Crippen LogP contribution in [-0.2, 0) is 16.1 Å². The second-order valence-electron chi connectivity index (χ2n) is 6.61. The number of amides is 2. The van der Waals surface area contributed by atoms with Gasteiger partial charge < -0.3 is 15.1 Å². The van der Waals surface area contributed by atoms with Gasteiger partial charge in [0.25, 0.3) is 11.8 Å². The van der Waals surface area contributed by atoms with Gasteiger partial charge in [0.2, 0.25) is 0 Å². The molecule has 144 valence electrons. The first kappa shape index (κ1) is 20.9. The highest BCUT2D eigenvalue weighted by Gasteiger charge is 2.28. The standard InChI is InChI=1S/C21H26ClN3O2/c1-4-25(14-17-10-6-5-7-11-17)21(27)16(2)24(3)15-20(26)23-19-13-9-8-12-18(19)22/h5-13,16H,4,14-15H2,1-3H3,(H,23,26)/p+1/t16-/m1/s1. The van der Waals surface area contributed by atoms with Gasteiger partial charge in [-0.15, -0.1) is 0 Å². The molecule has 2 N–H and O–H groups in total. The summed E-state index contributed by atoms with van der Waals surface area (Å²) < 4.78 is 0. The number of likely N-dealkylation sites (N-methyl/N-ethyl adjacent to an activating group) is 2. The van der Waals surface area contributed by atoms with Gasteiger partial charge >= 0.3 is 0 Å². The minimum atomic E-state index is -0.328. The Kier molecular flexibility index (Phi) is 7.82. The maximum absolute atomic E-state index is 12.9. The predicted molar refractivity (Wildman–Crippen MR) is 109 cm³/mol. The van der Waals surface area contributed by atoms with Crippen molar-refractivity contribution in [2.45, 2.75) is 26.4 Å². The summed E-state index contributed by atoms with van der Waals surface area (Å²) >= 11 is 6.07. The van der Waals surface area contributed by atoms with Crippen LogP contribution in [0.5, 0.6) is 0 Å². The van der Waals surface area contributed by atoms with E-state index in [1.54, 1.807) is 12.1 Å². The third-order valence-corrected chi connectivity index (χ3v) is 4.94. The fraction of sp³-hybridized carbons (Fsp3) is 0.333. The predicted octanol–water partition coefficient (Wildman–Crippen LogP) is 2.23. The molecule has 0 spiro atoms. The fourth-order valence-electron chi connectivity index (χ4n) is 2.80. The Bertz CT molecular complexity index is 767. The molecular weight excluding hydrogens is 362 g/mol. The number of para-hydroxylation sites is 1. The molecule has 2 aromatic rings. The van der Waals surface area contributed by atoms with E-state index in [0.717, 1.165) is 10.5 Å². The summed E-state index contributed by atoms with van der Waals surface area (Å²) in [5.74, 6) is -0.143. The maximum Gasteiger partial charge on any atom is 0.280 e. The number of nitrogens with one attached hydrogen (secondary N) is 2. The molecule has 27 heavy (non-hydrogen) atoms. The molecule has 6 heteroatoms. The van der Waals surface area contributed by atoms with E-state index in [-0.39, 0.29) is 24.4 Å². The van der Waals surface area contributed by atoms with Crippen LogP contribution < -0.4 is 10.2 Å². The number of carbonyl (C=O) groups excluding carboxylic acids is 2. The zero-order valence-electron chi connectivity index (χ0n) is 16.0. The molecule has 0 heterocycles. The minimum Gasteiger partial charge on any atom is -0.334 e. The number of carbonyl (C=O) groups is 2. The van der Waals surface area contributed by atoms with Gasteiger partial charge in [0.15, 0.2) is 12.6 Å². The van der Waals surface area contributed by atoms with Gasteiger partial charge in [-0.05, 0) is 31.5 Å². The van der Waals surface area contributed by atoms with E-state index in [1.165, 1.54) is 0 Å². The largest absolute Gasteiger partial charge is 0.334 e. The summed E-state index contributed by atoms with van der Waals surface area (Å²) in [7, 11) is 1.85. The molecule has 0 aromatic heterocycles. The molecule has 2 amide bonds. The average Bonchev–Trinajstić information content (AvgIpc) is 2.67. The lowest BCUT2D eigenvalue weighted by Gasteiger charge is -2.27. The van der Waals surface area contributed by atoms with E-state index in [2.05, 4.69) is 5.32 Å². The quantitative estimate of drug-likeness (QED) is 0.728. The first-order valence-corrected chi connectivity index (χ1v) is 9.49. The van der Waals surface area contributed by atoms with Crippen molar-refractivity contribution in [3.63, 3.8) is 0 Å². The maximum atomic E-state index is 12.9. The Morgan fingerprint density at radius 1 is 1.11 bits per heavy atom. The van der Waals surface area contributed by atoms with E-state index >= 15 is 0 Å². The Morgan fingerprint density at radius 3 is 2.37 bits per heavy atom. The van der Waals surface area contributed by atoms with Gasteiger partial charge in [-0.1, -0.05) is 54.1 Å². The SMILES string of the molecule is CCN(Cc1ccccc1)C(=O)[C@@H](C)[NH+](C)CC(=O)Nc1ccccc1Cl. The molecule has 5 nitrogen and oxygen atoms in total. The number of benzene rings is 2. The van der Waals surface area contributed by atoms with Crippen LogP contribution in [0, 0.1) is 0 Å². The van der Waals surface area contributed by atoms with Crippen LogP contribution in [0.1, 0.15) is 19.4 Å². The first-order valence-electron chi connectivity index (χ1n) is 9.11. The molecule has 0 bridgehead atoms. The highest BCUT2D eigenvalue weighted by molar-refractivity contribution is 6.33. The summed E-state index contributed by atoms with van der Waals surface area (Å²) in [6.45, 7) is 5.19. The second-order valence-corrected chi connectivity index (χ2v) is 7.02. The summed E-state index contributed by atoms with van der Waals surface area (Å²) in [5, 5.41) is 3.29.